The number of anilines is 1. The molecule has 0 fully saturated rings. The molecule has 0 aliphatic carbocycles. The van der Waals surface area contributed by atoms with Crippen molar-refractivity contribution in [2.45, 2.75) is 11.9 Å². The first kappa shape index (κ1) is 17.6. The van der Waals surface area contributed by atoms with Gasteiger partial charge in [0.25, 0.3) is 0 Å². The fourth-order valence-electron chi connectivity index (χ4n) is 2.50. The lowest BCUT2D eigenvalue weighted by atomic mass is 10.1. The fraction of sp³-hybridized carbons (Fsp3) is 0.158. The largest absolute Gasteiger partial charge is 0.494 e. The summed E-state index contributed by atoms with van der Waals surface area (Å²) in [6.07, 6.45) is 0. The molecule has 128 valence electrons. The molecule has 0 atom stereocenters. The van der Waals surface area contributed by atoms with Gasteiger partial charge in [-0.25, -0.2) is 4.98 Å². The van der Waals surface area contributed by atoms with Crippen molar-refractivity contribution in [2.75, 3.05) is 18.2 Å². The standard InChI is InChI=1S/C19H17ClN2O2S/c1-12-9-18(22-19-15(12)7-4-8-16(19)24-2)25-11-17(23)21-14-6-3-5-13(20)10-14/h3-10H,11H2,1-2H3,(H,21,23). The number of nitrogens with zero attached hydrogens (tertiary/aromatic N) is 1. The number of pyridine rings is 1. The van der Waals surface area contributed by atoms with Crippen LogP contribution in [-0.2, 0) is 4.79 Å². The van der Waals surface area contributed by atoms with E-state index in [1.54, 1.807) is 31.4 Å². The number of amides is 1. The molecule has 2 aromatic carbocycles. The van der Waals surface area contributed by atoms with Crippen LogP contribution in [0, 0.1) is 6.92 Å². The Hall–Kier alpha value is -2.24. The fourth-order valence-corrected chi connectivity index (χ4v) is 3.46. The summed E-state index contributed by atoms with van der Waals surface area (Å²) in [5.41, 5.74) is 2.59. The summed E-state index contributed by atoms with van der Waals surface area (Å²) in [7, 11) is 1.63. The molecule has 0 aliphatic heterocycles. The molecule has 0 saturated carbocycles. The lowest BCUT2D eigenvalue weighted by Gasteiger charge is -2.10. The Morgan fingerprint density at radius 2 is 2.04 bits per heavy atom. The molecule has 1 heterocycles. The number of halogens is 1. The van der Waals surface area contributed by atoms with Gasteiger partial charge in [0.2, 0.25) is 5.91 Å². The normalized spacial score (nSPS) is 10.7. The molecule has 1 N–H and O–H groups in total. The lowest BCUT2D eigenvalue weighted by molar-refractivity contribution is -0.113. The second-order valence-electron chi connectivity index (χ2n) is 5.48. The van der Waals surface area contributed by atoms with Crippen molar-refractivity contribution >= 4 is 45.9 Å². The number of methoxy groups -OCH3 is 1. The van der Waals surface area contributed by atoms with Crippen LogP contribution in [0.4, 0.5) is 5.69 Å². The van der Waals surface area contributed by atoms with E-state index in [0.717, 1.165) is 27.2 Å². The maximum Gasteiger partial charge on any atom is 0.234 e. The monoisotopic (exact) mass is 372 g/mol. The van der Waals surface area contributed by atoms with Crippen molar-refractivity contribution in [3.8, 4) is 5.75 Å². The smallest absolute Gasteiger partial charge is 0.234 e. The van der Waals surface area contributed by atoms with Crippen LogP contribution in [0.25, 0.3) is 10.9 Å². The summed E-state index contributed by atoms with van der Waals surface area (Å²) in [5, 5.41) is 5.25. The highest BCUT2D eigenvalue weighted by molar-refractivity contribution is 7.99. The van der Waals surface area contributed by atoms with Crippen molar-refractivity contribution in [1.82, 2.24) is 4.98 Å². The molecule has 0 saturated heterocycles. The summed E-state index contributed by atoms with van der Waals surface area (Å²) in [4.78, 5) is 16.8. The third-order valence-corrected chi connectivity index (χ3v) is 4.81. The van der Waals surface area contributed by atoms with Crippen molar-refractivity contribution in [3.05, 3.63) is 59.1 Å². The first-order valence-electron chi connectivity index (χ1n) is 7.69. The molecule has 0 spiro atoms. The average molecular weight is 373 g/mol. The number of hydrogen-bond acceptors (Lipinski definition) is 4. The van der Waals surface area contributed by atoms with Crippen molar-refractivity contribution in [2.24, 2.45) is 0 Å². The summed E-state index contributed by atoms with van der Waals surface area (Å²) >= 11 is 7.31. The molecule has 25 heavy (non-hydrogen) atoms. The highest BCUT2D eigenvalue weighted by atomic mass is 35.5. The van der Waals surface area contributed by atoms with Crippen LogP contribution >= 0.6 is 23.4 Å². The number of ether oxygens (including phenoxy) is 1. The van der Waals surface area contributed by atoms with Gasteiger partial charge in [0.15, 0.2) is 0 Å². The maximum atomic E-state index is 12.1. The van der Waals surface area contributed by atoms with Gasteiger partial charge in [-0.1, -0.05) is 41.6 Å². The van der Waals surface area contributed by atoms with Crippen molar-refractivity contribution < 1.29 is 9.53 Å². The molecular weight excluding hydrogens is 356 g/mol. The molecule has 3 aromatic rings. The maximum absolute atomic E-state index is 12.1. The number of benzene rings is 2. The molecular formula is C19H17ClN2O2S. The zero-order chi connectivity index (χ0) is 17.8. The number of aryl methyl sites for hydroxylation is 1. The van der Waals surface area contributed by atoms with Gasteiger partial charge in [0.1, 0.15) is 11.3 Å². The zero-order valence-corrected chi connectivity index (χ0v) is 15.4. The number of rotatable bonds is 5. The van der Waals surface area contributed by atoms with Crippen LogP contribution < -0.4 is 10.1 Å². The number of para-hydroxylation sites is 1. The number of fused-ring (bicyclic) bond motifs is 1. The van der Waals surface area contributed by atoms with Crippen LogP contribution in [0.3, 0.4) is 0 Å². The SMILES string of the molecule is COc1cccc2c(C)cc(SCC(=O)Nc3cccc(Cl)c3)nc12. The number of hydrogen-bond donors (Lipinski definition) is 1. The van der Waals surface area contributed by atoms with Crippen LogP contribution in [-0.4, -0.2) is 23.8 Å². The van der Waals surface area contributed by atoms with E-state index in [4.69, 9.17) is 16.3 Å². The predicted molar refractivity (Wildman–Crippen MR) is 104 cm³/mol. The third-order valence-electron chi connectivity index (χ3n) is 3.67. The predicted octanol–water partition coefficient (Wildman–Crippen LogP) is 4.94. The molecule has 0 bridgehead atoms. The Labute approximate surface area is 155 Å². The van der Waals surface area contributed by atoms with Crippen LogP contribution in [0.15, 0.2) is 53.6 Å². The minimum Gasteiger partial charge on any atom is -0.494 e. The van der Waals surface area contributed by atoms with E-state index in [1.807, 2.05) is 31.2 Å². The van der Waals surface area contributed by atoms with E-state index < -0.39 is 0 Å². The quantitative estimate of drug-likeness (QED) is 0.645. The summed E-state index contributed by atoms with van der Waals surface area (Å²) in [6, 6.07) is 14.9. The van der Waals surface area contributed by atoms with Gasteiger partial charge in [0, 0.05) is 16.1 Å². The molecule has 4 nitrogen and oxygen atoms in total. The molecule has 0 aliphatic rings. The average Bonchev–Trinajstić information content (AvgIpc) is 2.59. The van der Waals surface area contributed by atoms with E-state index in [1.165, 1.54) is 11.8 Å². The topological polar surface area (TPSA) is 51.2 Å². The first-order valence-corrected chi connectivity index (χ1v) is 9.06. The Morgan fingerprint density at radius 3 is 2.80 bits per heavy atom. The van der Waals surface area contributed by atoms with E-state index in [-0.39, 0.29) is 11.7 Å². The highest BCUT2D eigenvalue weighted by Gasteiger charge is 2.10. The lowest BCUT2D eigenvalue weighted by Crippen LogP contribution is -2.14. The van der Waals surface area contributed by atoms with E-state index in [9.17, 15) is 4.79 Å². The molecule has 0 unspecified atom stereocenters. The zero-order valence-electron chi connectivity index (χ0n) is 13.9. The van der Waals surface area contributed by atoms with Gasteiger partial charge >= 0.3 is 0 Å². The third kappa shape index (κ3) is 4.24. The van der Waals surface area contributed by atoms with Gasteiger partial charge in [0.05, 0.1) is 17.9 Å². The van der Waals surface area contributed by atoms with Crippen molar-refractivity contribution in [1.29, 1.82) is 0 Å². The molecule has 3 rings (SSSR count). The molecule has 1 amide bonds. The van der Waals surface area contributed by atoms with Gasteiger partial charge < -0.3 is 10.1 Å². The Kier molecular flexibility index (Phi) is 5.46. The van der Waals surface area contributed by atoms with Crippen molar-refractivity contribution in [3.63, 3.8) is 0 Å². The second kappa shape index (κ2) is 7.76. The Bertz CT molecular complexity index is 930. The minimum absolute atomic E-state index is 0.105. The molecule has 6 heteroatoms. The first-order chi connectivity index (χ1) is 12.1. The number of carbonyl (C=O) groups is 1. The number of nitrogens with one attached hydrogen (secondary N) is 1. The number of carbonyl (C=O) groups excluding carboxylic acids is 1. The molecule has 1 aromatic heterocycles. The van der Waals surface area contributed by atoms with Gasteiger partial charge in [-0.05, 0) is 42.8 Å². The Balaban J connectivity index is 1.73. The van der Waals surface area contributed by atoms with E-state index in [2.05, 4.69) is 10.3 Å². The van der Waals surface area contributed by atoms with Crippen LogP contribution in [0.1, 0.15) is 5.56 Å². The second-order valence-corrected chi connectivity index (χ2v) is 6.91. The van der Waals surface area contributed by atoms with E-state index in [0.29, 0.717) is 10.7 Å². The Morgan fingerprint density at radius 1 is 1.24 bits per heavy atom. The highest BCUT2D eigenvalue weighted by Crippen LogP contribution is 2.29. The number of aromatic nitrogens is 1. The van der Waals surface area contributed by atoms with Crippen LogP contribution in [0.2, 0.25) is 5.02 Å². The van der Waals surface area contributed by atoms with Gasteiger partial charge in [-0.3, -0.25) is 4.79 Å². The molecule has 0 radical (unpaired) electrons. The van der Waals surface area contributed by atoms with Gasteiger partial charge in [-0.2, -0.15) is 0 Å². The minimum atomic E-state index is -0.105. The van der Waals surface area contributed by atoms with Gasteiger partial charge in [-0.15, -0.1) is 0 Å². The summed E-state index contributed by atoms with van der Waals surface area (Å²) in [5.74, 6) is 0.887. The summed E-state index contributed by atoms with van der Waals surface area (Å²) in [6.45, 7) is 2.03. The summed E-state index contributed by atoms with van der Waals surface area (Å²) < 4.78 is 5.39. The van der Waals surface area contributed by atoms with E-state index >= 15 is 0 Å². The number of thioether (sulfide) groups is 1. The van der Waals surface area contributed by atoms with Crippen LogP contribution in [0.5, 0.6) is 5.75 Å².